The average molecular weight is 428 g/mol. The number of hydrogen-bond acceptors (Lipinski definition) is 5. The molecule has 3 aromatic rings. The van der Waals surface area contributed by atoms with Crippen molar-refractivity contribution in [3.8, 4) is 0 Å². The van der Waals surface area contributed by atoms with Gasteiger partial charge in [0.05, 0.1) is 28.5 Å². The molecule has 1 aromatic carbocycles. The second kappa shape index (κ2) is 7.85. The summed E-state index contributed by atoms with van der Waals surface area (Å²) in [7, 11) is 0. The molecular formula is C21H18ClN3O3S. The van der Waals surface area contributed by atoms with Crippen molar-refractivity contribution in [2.75, 3.05) is 6.61 Å². The van der Waals surface area contributed by atoms with Crippen LogP contribution in [0, 0.1) is 0 Å². The monoisotopic (exact) mass is 427 g/mol. The van der Waals surface area contributed by atoms with Crippen LogP contribution in [-0.2, 0) is 9.53 Å². The van der Waals surface area contributed by atoms with Crippen LogP contribution in [0.2, 0.25) is 5.02 Å². The molecular weight excluding hydrogens is 410 g/mol. The molecule has 0 fully saturated rings. The summed E-state index contributed by atoms with van der Waals surface area (Å²) in [5.41, 5.74) is 2.26. The van der Waals surface area contributed by atoms with E-state index >= 15 is 0 Å². The third-order valence-corrected chi connectivity index (χ3v) is 5.85. The Morgan fingerprint density at radius 1 is 1.34 bits per heavy atom. The second-order valence-electron chi connectivity index (χ2n) is 6.48. The Balaban J connectivity index is 1.97. The Bertz CT molecular complexity index is 1270. The van der Waals surface area contributed by atoms with Gasteiger partial charge in [-0.05, 0) is 49.8 Å². The molecule has 0 unspecified atom stereocenters. The number of aromatic amines is 1. The predicted molar refractivity (Wildman–Crippen MR) is 113 cm³/mol. The molecule has 1 aliphatic rings. The number of thiazole rings is 1. The smallest absolute Gasteiger partial charge is 0.338 e. The highest BCUT2D eigenvalue weighted by Crippen LogP contribution is 2.31. The number of hydrogen-bond donors (Lipinski definition) is 1. The van der Waals surface area contributed by atoms with Crippen molar-refractivity contribution < 1.29 is 9.53 Å². The molecule has 6 nitrogen and oxygen atoms in total. The highest BCUT2D eigenvalue weighted by Gasteiger charge is 2.33. The summed E-state index contributed by atoms with van der Waals surface area (Å²) in [5.74, 6) is -0.479. The minimum atomic E-state index is -0.631. The van der Waals surface area contributed by atoms with Crippen molar-refractivity contribution >= 4 is 35.0 Å². The summed E-state index contributed by atoms with van der Waals surface area (Å²) >= 11 is 7.33. The van der Waals surface area contributed by atoms with Gasteiger partial charge in [-0.3, -0.25) is 9.36 Å². The lowest BCUT2D eigenvalue weighted by atomic mass is 9.96. The molecule has 3 heterocycles. The maximum absolute atomic E-state index is 13.3. The quantitative estimate of drug-likeness (QED) is 0.650. The van der Waals surface area contributed by atoms with E-state index in [1.807, 2.05) is 24.3 Å². The predicted octanol–water partition coefficient (Wildman–Crippen LogP) is 2.78. The van der Waals surface area contributed by atoms with Gasteiger partial charge in [0, 0.05) is 16.9 Å². The lowest BCUT2D eigenvalue weighted by Crippen LogP contribution is -2.39. The minimum absolute atomic E-state index is 0.211. The van der Waals surface area contributed by atoms with Crippen LogP contribution in [0.3, 0.4) is 0 Å². The van der Waals surface area contributed by atoms with Gasteiger partial charge < -0.3 is 9.72 Å². The van der Waals surface area contributed by atoms with E-state index in [9.17, 15) is 9.59 Å². The van der Waals surface area contributed by atoms with E-state index in [0.717, 1.165) is 11.3 Å². The molecule has 0 radical (unpaired) electrons. The molecule has 0 amide bonds. The summed E-state index contributed by atoms with van der Waals surface area (Å²) < 4.78 is 7.35. The number of allylic oxidation sites excluding steroid dienone is 1. The van der Waals surface area contributed by atoms with Crippen LogP contribution < -0.4 is 14.9 Å². The number of H-pyrrole nitrogens is 1. The number of esters is 1. The first kappa shape index (κ1) is 19.4. The van der Waals surface area contributed by atoms with E-state index in [1.165, 1.54) is 11.3 Å². The zero-order valence-corrected chi connectivity index (χ0v) is 17.4. The van der Waals surface area contributed by atoms with Gasteiger partial charge >= 0.3 is 5.97 Å². The van der Waals surface area contributed by atoms with Crippen molar-refractivity contribution in [3.05, 3.63) is 89.8 Å². The van der Waals surface area contributed by atoms with Crippen LogP contribution in [0.5, 0.6) is 0 Å². The number of aromatic nitrogens is 2. The molecule has 1 aliphatic heterocycles. The van der Waals surface area contributed by atoms with Crippen molar-refractivity contribution in [1.29, 1.82) is 0 Å². The van der Waals surface area contributed by atoms with Gasteiger partial charge in [0.25, 0.3) is 5.56 Å². The number of halogens is 1. The third kappa shape index (κ3) is 3.59. The number of benzene rings is 1. The fourth-order valence-electron chi connectivity index (χ4n) is 3.33. The first-order valence-corrected chi connectivity index (χ1v) is 10.3. The fourth-order valence-corrected chi connectivity index (χ4v) is 4.49. The highest BCUT2D eigenvalue weighted by atomic mass is 35.5. The van der Waals surface area contributed by atoms with E-state index in [-0.39, 0.29) is 12.2 Å². The second-order valence-corrected chi connectivity index (χ2v) is 7.92. The van der Waals surface area contributed by atoms with E-state index < -0.39 is 12.0 Å². The summed E-state index contributed by atoms with van der Waals surface area (Å²) in [6, 6.07) is 10.2. The van der Waals surface area contributed by atoms with Crippen molar-refractivity contribution in [2.24, 2.45) is 4.99 Å². The summed E-state index contributed by atoms with van der Waals surface area (Å²) in [5, 5.41) is 0.575. The van der Waals surface area contributed by atoms with Gasteiger partial charge in [-0.15, -0.1) is 0 Å². The lowest BCUT2D eigenvalue weighted by Gasteiger charge is -2.24. The van der Waals surface area contributed by atoms with Crippen molar-refractivity contribution in [2.45, 2.75) is 19.9 Å². The van der Waals surface area contributed by atoms with Crippen LogP contribution in [0.15, 0.2) is 63.7 Å². The van der Waals surface area contributed by atoms with Gasteiger partial charge in [-0.25, -0.2) is 9.79 Å². The molecule has 2 aromatic heterocycles. The molecule has 0 bridgehead atoms. The molecule has 1 N–H and O–H groups in total. The number of nitrogens with one attached hydrogen (secondary N) is 1. The topological polar surface area (TPSA) is 76.4 Å². The third-order valence-electron chi connectivity index (χ3n) is 4.61. The Morgan fingerprint density at radius 2 is 2.10 bits per heavy atom. The van der Waals surface area contributed by atoms with Crippen LogP contribution in [0.4, 0.5) is 0 Å². The SMILES string of the molecule is CCOC(=O)C1=C(C)N=c2s/c(=C/c3ccc[nH]3)c(=O)n2[C@@H]1c1ccc(Cl)cc1. The molecule has 1 atom stereocenters. The maximum Gasteiger partial charge on any atom is 0.338 e. The standard InChI is InChI=1S/C21H18ClN3O3S/c1-3-28-20(27)17-12(2)24-21-25(18(17)13-6-8-14(22)9-7-13)19(26)16(29-21)11-15-5-4-10-23-15/h4-11,18,23H,3H2,1-2H3/b16-11+/t18-/m1/s1. The van der Waals surface area contributed by atoms with Crippen molar-refractivity contribution in [1.82, 2.24) is 9.55 Å². The van der Waals surface area contributed by atoms with Crippen LogP contribution >= 0.6 is 22.9 Å². The molecule has 0 aliphatic carbocycles. The molecule has 4 rings (SSSR count). The zero-order valence-electron chi connectivity index (χ0n) is 15.8. The normalized spacial score (nSPS) is 16.5. The summed E-state index contributed by atoms with van der Waals surface area (Å²) in [6.45, 7) is 3.74. The van der Waals surface area contributed by atoms with E-state index in [4.69, 9.17) is 16.3 Å². The van der Waals surface area contributed by atoms with Crippen LogP contribution in [0.25, 0.3) is 6.08 Å². The van der Waals surface area contributed by atoms with Crippen LogP contribution in [-0.4, -0.2) is 22.1 Å². The summed E-state index contributed by atoms with van der Waals surface area (Å²) in [4.78, 5) is 34.2. The van der Waals surface area contributed by atoms with Gasteiger partial charge in [-0.1, -0.05) is 35.1 Å². The number of fused-ring (bicyclic) bond motifs is 1. The van der Waals surface area contributed by atoms with Gasteiger partial charge in [-0.2, -0.15) is 0 Å². The number of nitrogens with zero attached hydrogens (tertiary/aromatic N) is 2. The van der Waals surface area contributed by atoms with Gasteiger partial charge in [0.2, 0.25) is 0 Å². The summed E-state index contributed by atoms with van der Waals surface area (Å²) in [6.07, 6.45) is 3.58. The largest absolute Gasteiger partial charge is 0.463 e. The molecule has 0 spiro atoms. The van der Waals surface area contributed by atoms with Crippen molar-refractivity contribution in [3.63, 3.8) is 0 Å². The first-order chi connectivity index (χ1) is 14.0. The number of carbonyl (C=O) groups is 1. The highest BCUT2D eigenvalue weighted by molar-refractivity contribution is 7.07. The van der Waals surface area contributed by atoms with E-state index in [0.29, 0.717) is 25.6 Å². The molecule has 29 heavy (non-hydrogen) atoms. The fraction of sp³-hybridized carbons (Fsp3) is 0.190. The Labute approximate surface area is 175 Å². The van der Waals surface area contributed by atoms with Crippen LogP contribution in [0.1, 0.15) is 31.1 Å². The Morgan fingerprint density at radius 3 is 2.76 bits per heavy atom. The zero-order chi connectivity index (χ0) is 20.5. The number of rotatable bonds is 4. The van der Waals surface area contributed by atoms with E-state index in [1.54, 1.807) is 42.8 Å². The maximum atomic E-state index is 13.3. The molecule has 0 saturated carbocycles. The molecule has 148 valence electrons. The molecule has 8 heteroatoms. The van der Waals surface area contributed by atoms with E-state index in [2.05, 4.69) is 9.98 Å². The lowest BCUT2D eigenvalue weighted by molar-refractivity contribution is -0.139. The Hall–Kier alpha value is -2.90. The Kier molecular flexibility index (Phi) is 5.25. The minimum Gasteiger partial charge on any atom is -0.463 e. The first-order valence-electron chi connectivity index (χ1n) is 9.08. The number of ether oxygens (including phenoxy) is 1. The molecule has 0 saturated heterocycles. The average Bonchev–Trinajstić information content (AvgIpc) is 3.30. The van der Waals surface area contributed by atoms with Gasteiger partial charge in [0.1, 0.15) is 0 Å². The van der Waals surface area contributed by atoms with Gasteiger partial charge in [0.15, 0.2) is 4.80 Å². The number of carbonyl (C=O) groups excluding carboxylic acids is 1.